The monoisotopic (exact) mass is 592 g/mol. The number of amides is 2. The molecule has 0 saturated carbocycles. The fourth-order valence-corrected chi connectivity index (χ4v) is 5.83. The third kappa shape index (κ3) is 9.59. The Hall–Kier alpha value is -3.37. The molecule has 1 saturated heterocycles. The number of hydrogen-bond acceptors (Lipinski definition) is 7. The second-order valence-electron chi connectivity index (χ2n) is 10.3. The van der Waals surface area contributed by atoms with Gasteiger partial charge in [0.15, 0.2) is 6.29 Å². The van der Waals surface area contributed by atoms with Gasteiger partial charge in [-0.3, -0.25) is 9.59 Å². The predicted molar refractivity (Wildman–Crippen MR) is 164 cm³/mol. The van der Waals surface area contributed by atoms with E-state index in [4.69, 9.17) is 14.2 Å². The Morgan fingerprint density at radius 3 is 2.55 bits per heavy atom. The molecule has 9 heteroatoms. The highest BCUT2D eigenvalue weighted by Crippen LogP contribution is 2.40. The number of carbonyl (C=O) groups is 2. The van der Waals surface area contributed by atoms with Crippen molar-refractivity contribution >= 4 is 29.3 Å². The van der Waals surface area contributed by atoms with Crippen LogP contribution in [0.15, 0.2) is 77.7 Å². The van der Waals surface area contributed by atoms with Crippen molar-refractivity contribution in [1.82, 2.24) is 5.32 Å². The molecule has 1 aliphatic heterocycles. The molecule has 224 valence electrons. The van der Waals surface area contributed by atoms with Crippen molar-refractivity contribution < 1.29 is 28.9 Å². The number of aliphatic hydroxyl groups is 1. The predicted octanol–water partition coefficient (Wildman–Crippen LogP) is 6.16. The van der Waals surface area contributed by atoms with E-state index in [9.17, 15) is 14.7 Å². The number of anilines is 1. The van der Waals surface area contributed by atoms with Crippen LogP contribution < -0.4 is 15.4 Å². The molecule has 8 nitrogen and oxygen atoms in total. The zero-order chi connectivity index (χ0) is 29.7. The first-order valence-corrected chi connectivity index (χ1v) is 15.3. The van der Waals surface area contributed by atoms with Crippen LogP contribution in [0.25, 0.3) is 0 Å². The third-order valence-corrected chi connectivity index (χ3v) is 8.19. The van der Waals surface area contributed by atoms with E-state index >= 15 is 0 Å². The molecule has 0 bridgehead atoms. The van der Waals surface area contributed by atoms with Gasteiger partial charge in [-0.25, -0.2) is 0 Å². The molecule has 1 heterocycles. The van der Waals surface area contributed by atoms with Crippen molar-refractivity contribution in [2.24, 2.45) is 0 Å². The van der Waals surface area contributed by atoms with Crippen molar-refractivity contribution in [1.29, 1.82) is 0 Å². The van der Waals surface area contributed by atoms with Gasteiger partial charge < -0.3 is 30.0 Å². The van der Waals surface area contributed by atoms with Crippen molar-refractivity contribution in [3.8, 4) is 5.75 Å². The van der Waals surface area contributed by atoms with E-state index in [1.165, 1.54) is 6.92 Å². The molecule has 3 atom stereocenters. The van der Waals surface area contributed by atoms with Gasteiger partial charge in [0, 0.05) is 48.2 Å². The van der Waals surface area contributed by atoms with Crippen LogP contribution >= 0.6 is 11.8 Å². The maximum Gasteiger partial charge on any atom is 0.224 e. The lowest BCUT2D eigenvalue weighted by atomic mass is 10.0. The zero-order valence-corrected chi connectivity index (χ0v) is 25.0. The van der Waals surface area contributed by atoms with Crippen LogP contribution in [0.5, 0.6) is 5.75 Å². The summed E-state index contributed by atoms with van der Waals surface area (Å²) in [5.74, 6) is 1.46. The van der Waals surface area contributed by atoms with E-state index in [0.717, 1.165) is 46.6 Å². The Balaban J connectivity index is 1.42. The first-order chi connectivity index (χ1) is 20.4. The van der Waals surface area contributed by atoms with Crippen molar-refractivity contribution in [3.05, 3.63) is 89.5 Å². The van der Waals surface area contributed by atoms with E-state index in [0.29, 0.717) is 30.8 Å². The topological polar surface area (TPSA) is 106 Å². The molecule has 1 aliphatic rings. The lowest BCUT2D eigenvalue weighted by Crippen LogP contribution is -2.31. The SMILES string of the molecule is COc1ccccc1SC[C@@H]1C[C@H](c2ccc(CO)cc2)O[C@H](c2cccc(NC(=O)CCCCCNC(C)=O)c2)O1. The molecule has 3 aromatic carbocycles. The molecule has 0 unspecified atom stereocenters. The highest BCUT2D eigenvalue weighted by molar-refractivity contribution is 7.99. The summed E-state index contributed by atoms with van der Waals surface area (Å²) in [4.78, 5) is 24.6. The Morgan fingerprint density at radius 1 is 0.976 bits per heavy atom. The molecule has 0 radical (unpaired) electrons. The first-order valence-electron chi connectivity index (χ1n) is 14.4. The second-order valence-corrected chi connectivity index (χ2v) is 11.3. The summed E-state index contributed by atoms with van der Waals surface area (Å²) in [5.41, 5.74) is 3.39. The molecular formula is C33H40N2O6S. The summed E-state index contributed by atoms with van der Waals surface area (Å²) >= 11 is 1.69. The molecule has 0 aliphatic carbocycles. The highest BCUT2D eigenvalue weighted by Gasteiger charge is 2.32. The number of methoxy groups -OCH3 is 1. The van der Waals surface area contributed by atoms with Crippen LogP contribution in [0, 0.1) is 0 Å². The number of aliphatic hydroxyl groups excluding tert-OH is 1. The van der Waals surface area contributed by atoms with Crippen molar-refractivity contribution in [2.75, 3.05) is 24.7 Å². The number of thioether (sulfide) groups is 1. The molecule has 42 heavy (non-hydrogen) atoms. The molecule has 4 rings (SSSR count). The smallest absolute Gasteiger partial charge is 0.224 e. The maximum absolute atomic E-state index is 12.6. The number of hydrogen-bond donors (Lipinski definition) is 3. The van der Waals surface area contributed by atoms with Crippen molar-refractivity contribution in [2.45, 2.75) is 69.0 Å². The number of benzene rings is 3. The van der Waals surface area contributed by atoms with E-state index in [2.05, 4.69) is 10.6 Å². The van der Waals surface area contributed by atoms with Gasteiger partial charge in [0.25, 0.3) is 0 Å². The van der Waals surface area contributed by atoms with E-state index in [-0.39, 0.29) is 30.6 Å². The third-order valence-electron chi connectivity index (χ3n) is 7.01. The number of nitrogens with one attached hydrogen (secondary N) is 2. The van der Waals surface area contributed by atoms with Gasteiger partial charge >= 0.3 is 0 Å². The van der Waals surface area contributed by atoms with Crippen LogP contribution in [-0.4, -0.2) is 42.4 Å². The first kappa shape index (κ1) is 31.6. The Bertz CT molecular complexity index is 1300. The fraction of sp³-hybridized carbons (Fsp3) is 0.394. The minimum Gasteiger partial charge on any atom is -0.496 e. The largest absolute Gasteiger partial charge is 0.496 e. The van der Waals surface area contributed by atoms with Crippen LogP contribution in [0.3, 0.4) is 0 Å². The van der Waals surface area contributed by atoms with Crippen LogP contribution in [-0.2, 0) is 25.7 Å². The summed E-state index contributed by atoms with van der Waals surface area (Å²) in [6.07, 6.45) is 2.64. The average molecular weight is 593 g/mol. The summed E-state index contributed by atoms with van der Waals surface area (Å²) < 4.78 is 18.5. The molecule has 1 fully saturated rings. The van der Waals surface area contributed by atoms with Crippen LogP contribution in [0.2, 0.25) is 0 Å². The Kier molecular flexibility index (Phi) is 12.3. The normalized spacial score (nSPS) is 18.3. The van der Waals surface area contributed by atoms with Crippen LogP contribution in [0.1, 0.15) is 68.1 Å². The zero-order valence-electron chi connectivity index (χ0n) is 24.2. The fourth-order valence-electron chi connectivity index (χ4n) is 4.78. The van der Waals surface area contributed by atoms with Gasteiger partial charge in [-0.2, -0.15) is 0 Å². The highest BCUT2D eigenvalue weighted by atomic mass is 32.2. The number of para-hydroxylation sites is 1. The molecule has 2 amide bonds. The van der Waals surface area contributed by atoms with Gasteiger partial charge in [-0.05, 0) is 48.2 Å². The van der Waals surface area contributed by atoms with Gasteiger partial charge in [0.05, 0.1) is 25.9 Å². The number of rotatable bonds is 14. The molecule has 0 aromatic heterocycles. The average Bonchev–Trinajstić information content (AvgIpc) is 3.01. The minimum absolute atomic E-state index is 0.00863. The molecule has 3 N–H and O–H groups in total. The van der Waals surface area contributed by atoms with Gasteiger partial charge in [0.2, 0.25) is 11.8 Å². The summed E-state index contributed by atoms with van der Waals surface area (Å²) in [7, 11) is 1.67. The second kappa shape index (κ2) is 16.3. The molecule has 3 aromatic rings. The number of unbranched alkanes of at least 4 members (excludes halogenated alkanes) is 2. The summed E-state index contributed by atoms with van der Waals surface area (Å²) in [5, 5.41) is 15.2. The van der Waals surface area contributed by atoms with E-state index in [1.54, 1.807) is 18.9 Å². The Morgan fingerprint density at radius 2 is 1.79 bits per heavy atom. The molecule has 0 spiro atoms. The van der Waals surface area contributed by atoms with Gasteiger partial charge in [-0.15, -0.1) is 11.8 Å². The van der Waals surface area contributed by atoms with E-state index < -0.39 is 6.29 Å². The quantitative estimate of drug-likeness (QED) is 0.152. The van der Waals surface area contributed by atoms with Crippen LogP contribution in [0.4, 0.5) is 5.69 Å². The molecular weight excluding hydrogens is 552 g/mol. The van der Waals surface area contributed by atoms with Gasteiger partial charge in [0.1, 0.15) is 5.75 Å². The lowest BCUT2D eigenvalue weighted by molar-refractivity contribution is -0.245. The summed E-state index contributed by atoms with van der Waals surface area (Å²) in [6, 6.07) is 23.4. The van der Waals surface area contributed by atoms with Gasteiger partial charge in [-0.1, -0.05) is 55.0 Å². The lowest BCUT2D eigenvalue weighted by Gasteiger charge is -2.36. The maximum atomic E-state index is 12.6. The Labute approximate surface area is 252 Å². The summed E-state index contributed by atoms with van der Waals surface area (Å²) in [6.45, 7) is 2.12. The standard InChI is InChI=1S/C33H40N2O6S/c1-23(37)34-18-7-3-4-13-32(38)35-27-10-8-9-26(19-27)33-40-28(22-42-31-12-6-5-11-29(31)39-2)20-30(41-33)25-16-14-24(21-36)15-17-25/h5-6,8-12,14-17,19,28,30,33,36H,3-4,7,13,18,20-22H2,1-2H3,(H,34,37)(H,35,38)/t28-,30+,33+/m0/s1. The number of carbonyl (C=O) groups excluding carboxylic acids is 2. The number of ether oxygens (including phenoxy) is 3. The van der Waals surface area contributed by atoms with Crippen molar-refractivity contribution in [3.63, 3.8) is 0 Å². The van der Waals surface area contributed by atoms with E-state index in [1.807, 2.05) is 72.8 Å². The minimum atomic E-state index is -0.616.